The Morgan fingerprint density at radius 3 is 2.45 bits per heavy atom. The quantitative estimate of drug-likeness (QED) is 0.472. The third-order valence-electron chi connectivity index (χ3n) is 5.82. The third-order valence-corrected chi connectivity index (χ3v) is 5.82. The standard InChI is InChI=1S/C24H22N6O3/c1-2-21(31-11-1)23-18(19-16-25-5-6-26-19)15-27-24(28-23)30-9-7-29(8-10-30)17-3-4-20-22(14-17)33-13-12-32-20/h1-6,11,14-16H,7-10,12-13H2. The number of benzene rings is 1. The monoisotopic (exact) mass is 442 g/mol. The van der Waals surface area contributed by atoms with Gasteiger partial charge in [0.2, 0.25) is 5.95 Å². The van der Waals surface area contributed by atoms with Crippen molar-refractivity contribution >= 4 is 11.6 Å². The van der Waals surface area contributed by atoms with E-state index in [1.54, 1.807) is 31.1 Å². The molecule has 0 unspecified atom stereocenters. The van der Waals surface area contributed by atoms with Crippen LogP contribution in [0.2, 0.25) is 0 Å². The molecule has 1 saturated heterocycles. The summed E-state index contributed by atoms with van der Waals surface area (Å²) in [5.41, 5.74) is 3.34. The molecular formula is C24H22N6O3. The summed E-state index contributed by atoms with van der Waals surface area (Å²) in [6.07, 6.45) is 8.46. The van der Waals surface area contributed by atoms with Crippen LogP contribution in [-0.2, 0) is 0 Å². The first kappa shape index (κ1) is 19.5. The molecule has 0 spiro atoms. The highest BCUT2D eigenvalue weighted by atomic mass is 16.6. The molecule has 0 amide bonds. The molecule has 3 aromatic heterocycles. The number of piperazine rings is 1. The summed E-state index contributed by atoms with van der Waals surface area (Å²) in [7, 11) is 0. The van der Waals surface area contributed by atoms with Crippen LogP contribution in [0, 0.1) is 0 Å². The molecule has 2 aliphatic rings. The van der Waals surface area contributed by atoms with Gasteiger partial charge in [0.15, 0.2) is 17.3 Å². The Hall–Kier alpha value is -4.14. The van der Waals surface area contributed by atoms with E-state index in [2.05, 4.69) is 36.9 Å². The highest BCUT2D eigenvalue weighted by molar-refractivity contribution is 5.76. The maximum atomic E-state index is 5.74. The number of rotatable bonds is 4. The first-order valence-corrected chi connectivity index (χ1v) is 10.9. The van der Waals surface area contributed by atoms with Crippen molar-refractivity contribution in [3.8, 4) is 34.2 Å². The lowest BCUT2D eigenvalue weighted by atomic mass is 10.1. The van der Waals surface area contributed by atoms with E-state index in [-0.39, 0.29) is 0 Å². The van der Waals surface area contributed by atoms with Crippen LogP contribution in [0.3, 0.4) is 0 Å². The van der Waals surface area contributed by atoms with E-state index >= 15 is 0 Å². The zero-order valence-electron chi connectivity index (χ0n) is 17.9. The second-order valence-electron chi connectivity index (χ2n) is 7.80. The lowest BCUT2D eigenvalue weighted by molar-refractivity contribution is 0.171. The van der Waals surface area contributed by atoms with Crippen LogP contribution in [0.4, 0.5) is 11.6 Å². The highest BCUT2D eigenvalue weighted by Crippen LogP contribution is 2.35. The Bertz CT molecular complexity index is 1240. The SMILES string of the molecule is c1coc(-c2nc(N3CCN(c4ccc5c(c4)OCCO5)CC3)ncc2-c2cnccn2)c1. The van der Waals surface area contributed by atoms with Gasteiger partial charge < -0.3 is 23.7 Å². The average Bonchev–Trinajstić information content (AvgIpc) is 3.44. The maximum Gasteiger partial charge on any atom is 0.226 e. The Balaban J connectivity index is 1.23. The second-order valence-corrected chi connectivity index (χ2v) is 7.80. The van der Waals surface area contributed by atoms with Gasteiger partial charge in [0.05, 0.1) is 18.2 Å². The lowest BCUT2D eigenvalue weighted by Crippen LogP contribution is -2.47. The van der Waals surface area contributed by atoms with Gasteiger partial charge >= 0.3 is 0 Å². The first-order chi connectivity index (χ1) is 16.3. The molecule has 4 aromatic rings. The van der Waals surface area contributed by atoms with Gasteiger partial charge in [0.1, 0.15) is 18.9 Å². The molecule has 0 bridgehead atoms. The summed E-state index contributed by atoms with van der Waals surface area (Å²) in [6, 6.07) is 9.88. The van der Waals surface area contributed by atoms with Crippen LogP contribution < -0.4 is 19.3 Å². The van der Waals surface area contributed by atoms with Gasteiger partial charge in [-0.25, -0.2) is 9.97 Å². The van der Waals surface area contributed by atoms with E-state index in [1.807, 2.05) is 18.2 Å². The van der Waals surface area contributed by atoms with Crippen molar-refractivity contribution in [1.29, 1.82) is 0 Å². The van der Waals surface area contributed by atoms with Crippen molar-refractivity contribution in [1.82, 2.24) is 19.9 Å². The molecule has 6 rings (SSSR count). The van der Waals surface area contributed by atoms with Crippen molar-refractivity contribution in [2.24, 2.45) is 0 Å². The number of hydrogen-bond donors (Lipinski definition) is 0. The summed E-state index contributed by atoms with van der Waals surface area (Å²) in [6.45, 7) is 4.49. The Labute approximate surface area is 190 Å². The smallest absolute Gasteiger partial charge is 0.226 e. The zero-order valence-corrected chi connectivity index (χ0v) is 17.9. The summed E-state index contributed by atoms with van der Waals surface area (Å²) in [5, 5.41) is 0. The summed E-state index contributed by atoms with van der Waals surface area (Å²) in [4.78, 5) is 22.7. The van der Waals surface area contributed by atoms with Gasteiger partial charge in [0, 0.05) is 62.1 Å². The Morgan fingerprint density at radius 1 is 0.818 bits per heavy atom. The molecule has 1 fully saturated rings. The highest BCUT2D eigenvalue weighted by Gasteiger charge is 2.23. The molecule has 0 saturated carbocycles. The largest absolute Gasteiger partial charge is 0.486 e. The van der Waals surface area contributed by atoms with Crippen LogP contribution >= 0.6 is 0 Å². The summed E-state index contributed by atoms with van der Waals surface area (Å²) in [5.74, 6) is 2.97. The van der Waals surface area contributed by atoms with Crippen molar-refractivity contribution < 1.29 is 13.9 Å². The molecule has 9 nitrogen and oxygen atoms in total. The van der Waals surface area contributed by atoms with Gasteiger partial charge in [-0.1, -0.05) is 0 Å². The van der Waals surface area contributed by atoms with Gasteiger partial charge in [-0.3, -0.25) is 9.97 Å². The predicted molar refractivity (Wildman–Crippen MR) is 123 cm³/mol. The first-order valence-electron chi connectivity index (χ1n) is 10.9. The zero-order chi connectivity index (χ0) is 22.0. The van der Waals surface area contributed by atoms with E-state index < -0.39 is 0 Å². The number of aromatic nitrogens is 4. The van der Waals surface area contributed by atoms with Gasteiger partial charge in [-0.15, -0.1) is 0 Å². The molecule has 5 heterocycles. The average molecular weight is 442 g/mol. The number of hydrogen-bond acceptors (Lipinski definition) is 9. The minimum Gasteiger partial charge on any atom is -0.486 e. The van der Waals surface area contributed by atoms with Gasteiger partial charge in [0.25, 0.3) is 0 Å². The van der Waals surface area contributed by atoms with Crippen molar-refractivity contribution in [3.05, 3.63) is 61.4 Å². The molecule has 166 valence electrons. The van der Waals surface area contributed by atoms with E-state index in [1.165, 1.54) is 0 Å². The van der Waals surface area contributed by atoms with E-state index in [9.17, 15) is 0 Å². The topological polar surface area (TPSA) is 89.6 Å². The number of furan rings is 1. The minimum absolute atomic E-state index is 0.587. The van der Waals surface area contributed by atoms with Gasteiger partial charge in [-0.05, 0) is 24.3 Å². The molecule has 9 heteroatoms. The molecule has 0 N–H and O–H groups in total. The normalized spacial score (nSPS) is 15.5. The van der Waals surface area contributed by atoms with Gasteiger partial charge in [-0.2, -0.15) is 0 Å². The fraction of sp³-hybridized carbons (Fsp3) is 0.250. The molecular weight excluding hydrogens is 420 g/mol. The maximum absolute atomic E-state index is 5.74. The molecule has 0 radical (unpaired) electrons. The van der Waals surface area contributed by atoms with Crippen LogP contribution in [-0.4, -0.2) is 59.3 Å². The minimum atomic E-state index is 0.587. The van der Waals surface area contributed by atoms with Crippen molar-refractivity contribution in [3.63, 3.8) is 0 Å². The van der Waals surface area contributed by atoms with Crippen molar-refractivity contribution in [2.75, 3.05) is 49.2 Å². The van der Waals surface area contributed by atoms with E-state index in [4.69, 9.17) is 18.9 Å². The summed E-state index contributed by atoms with van der Waals surface area (Å²) < 4.78 is 17.0. The molecule has 1 aromatic carbocycles. The van der Waals surface area contributed by atoms with Crippen LogP contribution in [0.1, 0.15) is 0 Å². The van der Waals surface area contributed by atoms with Crippen LogP contribution in [0.25, 0.3) is 22.7 Å². The molecule has 0 aliphatic carbocycles. The van der Waals surface area contributed by atoms with Crippen LogP contribution in [0.15, 0.2) is 65.8 Å². The van der Waals surface area contributed by atoms with E-state index in [0.717, 1.165) is 48.9 Å². The Morgan fingerprint density at radius 2 is 1.67 bits per heavy atom. The summed E-state index contributed by atoms with van der Waals surface area (Å²) >= 11 is 0. The fourth-order valence-corrected chi connectivity index (χ4v) is 4.15. The van der Waals surface area contributed by atoms with Crippen molar-refractivity contribution in [2.45, 2.75) is 0 Å². The predicted octanol–water partition coefficient (Wildman–Crippen LogP) is 3.29. The van der Waals surface area contributed by atoms with Crippen LogP contribution in [0.5, 0.6) is 11.5 Å². The molecule has 2 aliphatic heterocycles. The lowest BCUT2D eigenvalue weighted by Gasteiger charge is -2.36. The fourth-order valence-electron chi connectivity index (χ4n) is 4.15. The number of fused-ring (bicyclic) bond motifs is 1. The molecule has 0 atom stereocenters. The second kappa shape index (κ2) is 8.42. The number of anilines is 2. The number of nitrogens with zero attached hydrogens (tertiary/aromatic N) is 6. The molecule has 33 heavy (non-hydrogen) atoms. The van der Waals surface area contributed by atoms with E-state index in [0.29, 0.717) is 36.3 Å². The Kier molecular flexibility index (Phi) is 4.98. The number of ether oxygens (including phenoxy) is 2. The third kappa shape index (κ3) is 3.82.